The predicted octanol–water partition coefficient (Wildman–Crippen LogP) is 4.13. The van der Waals surface area contributed by atoms with E-state index >= 15 is 0 Å². The van der Waals surface area contributed by atoms with Crippen LogP contribution in [0.5, 0.6) is 0 Å². The molecular formula is C20H30O2. The number of Topliss-reactive ketones (excluding diaryl/α,β-unsaturated/α-hetero) is 1. The third-order valence-corrected chi connectivity index (χ3v) is 8.38. The average molecular weight is 302 g/mol. The summed E-state index contributed by atoms with van der Waals surface area (Å²) in [6.07, 6.45) is 7.38. The molecule has 122 valence electrons. The Hall–Kier alpha value is -0.630. The molecule has 1 N–H and O–H groups in total. The fourth-order valence-corrected chi connectivity index (χ4v) is 7.49. The van der Waals surface area contributed by atoms with Crippen molar-refractivity contribution in [2.24, 2.45) is 34.0 Å². The van der Waals surface area contributed by atoms with E-state index in [2.05, 4.69) is 27.4 Å². The van der Waals surface area contributed by atoms with Crippen molar-refractivity contribution in [3.8, 4) is 0 Å². The highest BCUT2D eigenvalue weighted by atomic mass is 16.3. The number of rotatable bonds is 0. The Morgan fingerprint density at radius 3 is 2.50 bits per heavy atom. The van der Waals surface area contributed by atoms with Gasteiger partial charge < -0.3 is 5.11 Å². The van der Waals surface area contributed by atoms with Crippen molar-refractivity contribution in [2.75, 3.05) is 0 Å². The average Bonchev–Trinajstić information content (AvgIpc) is 2.56. The molecule has 6 atom stereocenters. The standard InChI is InChI=1S/C20H30O2/c1-12-13-6-7-15-19(4)10-5-9-18(2,3)14(19)8-11-20(15,16(12)21)17(13)22/h13-15,17,22H,1,5-11H2,2-4H3/t13-,14+,15+,17+,19+,20+/m0/s1. The van der Waals surface area contributed by atoms with Crippen molar-refractivity contribution in [2.45, 2.75) is 71.8 Å². The van der Waals surface area contributed by atoms with Gasteiger partial charge in [-0.2, -0.15) is 0 Å². The Labute approximate surface area is 134 Å². The first-order valence-electron chi connectivity index (χ1n) is 9.17. The number of hydrogen-bond acceptors (Lipinski definition) is 2. The highest BCUT2D eigenvalue weighted by molar-refractivity contribution is 6.04. The summed E-state index contributed by atoms with van der Waals surface area (Å²) in [5, 5.41) is 11.0. The van der Waals surface area contributed by atoms with Crippen LogP contribution in [0.4, 0.5) is 0 Å². The van der Waals surface area contributed by atoms with Crippen LogP contribution in [0.1, 0.15) is 65.7 Å². The molecule has 4 fully saturated rings. The second-order valence-corrected chi connectivity index (χ2v) is 9.52. The smallest absolute Gasteiger partial charge is 0.167 e. The summed E-state index contributed by atoms with van der Waals surface area (Å²) in [4.78, 5) is 13.1. The van der Waals surface area contributed by atoms with Gasteiger partial charge in [-0.3, -0.25) is 4.79 Å². The first-order chi connectivity index (χ1) is 10.2. The van der Waals surface area contributed by atoms with Crippen LogP contribution < -0.4 is 0 Å². The maximum absolute atomic E-state index is 13.1. The summed E-state index contributed by atoms with van der Waals surface area (Å²) in [6, 6.07) is 0. The van der Waals surface area contributed by atoms with Gasteiger partial charge in [-0.15, -0.1) is 0 Å². The zero-order valence-corrected chi connectivity index (χ0v) is 14.3. The van der Waals surface area contributed by atoms with E-state index in [0.29, 0.717) is 17.3 Å². The number of aliphatic hydroxyl groups excluding tert-OH is 1. The lowest BCUT2D eigenvalue weighted by molar-refractivity contribution is -0.186. The van der Waals surface area contributed by atoms with Crippen LogP contribution in [-0.2, 0) is 4.79 Å². The number of carbonyl (C=O) groups is 1. The van der Waals surface area contributed by atoms with E-state index in [1.807, 2.05) is 0 Å². The number of ketones is 1. The van der Waals surface area contributed by atoms with Crippen LogP contribution in [0.15, 0.2) is 12.2 Å². The maximum atomic E-state index is 13.1. The van der Waals surface area contributed by atoms with Gasteiger partial charge in [0, 0.05) is 5.92 Å². The maximum Gasteiger partial charge on any atom is 0.167 e. The minimum absolute atomic E-state index is 0.0421. The van der Waals surface area contributed by atoms with Crippen LogP contribution in [0.2, 0.25) is 0 Å². The van der Waals surface area contributed by atoms with Gasteiger partial charge in [0.1, 0.15) is 0 Å². The van der Waals surface area contributed by atoms with E-state index in [1.165, 1.54) is 19.3 Å². The molecule has 0 radical (unpaired) electrons. The van der Waals surface area contributed by atoms with Crippen molar-refractivity contribution < 1.29 is 9.90 Å². The van der Waals surface area contributed by atoms with Gasteiger partial charge in [-0.25, -0.2) is 0 Å². The van der Waals surface area contributed by atoms with Crippen molar-refractivity contribution >= 4 is 5.78 Å². The first-order valence-corrected chi connectivity index (χ1v) is 9.17. The molecular weight excluding hydrogens is 272 g/mol. The van der Waals surface area contributed by atoms with Gasteiger partial charge in [0.25, 0.3) is 0 Å². The summed E-state index contributed by atoms with van der Waals surface area (Å²) < 4.78 is 0. The SMILES string of the molecule is C=C1C(=O)[C@@]23CC[C@@H]4C(C)(C)CCC[C@@]4(C)[C@H]2CC[C@@H]1[C@H]3O. The molecule has 0 aromatic heterocycles. The zero-order valence-electron chi connectivity index (χ0n) is 14.3. The van der Waals surface area contributed by atoms with Gasteiger partial charge in [-0.1, -0.05) is 33.8 Å². The molecule has 0 amide bonds. The second-order valence-electron chi connectivity index (χ2n) is 9.52. The fraction of sp³-hybridized carbons (Fsp3) is 0.850. The van der Waals surface area contributed by atoms with Crippen LogP contribution >= 0.6 is 0 Å². The molecule has 0 aromatic carbocycles. The third kappa shape index (κ3) is 1.48. The normalized spacial score (nSPS) is 53.1. The van der Waals surface area contributed by atoms with Gasteiger partial charge in [0.15, 0.2) is 5.78 Å². The van der Waals surface area contributed by atoms with Gasteiger partial charge in [-0.05, 0) is 66.8 Å². The Morgan fingerprint density at radius 1 is 1.05 bits per heavy atom. The van der Waals surface area contributed by atoms with E-state index in [-0.39, 0.29) is 17.1 Å². The number of hydrogen-bond donors (Lipinski definition) is 1. The molecule has 4 aliphatic carbocycles. The summed E-state index contributed by atoms with van der Waals surface area (Å²) in [7, 11) is 0. The third-order valence-electron chi connectivity index (χ3n) is 8.38. The molecule has 0 heterocycles. The summed E-state index contributed by atoms with van der Waals surface area (Å²) in [6.45, 7) is 11.3. The van der Waals surface area contributed by atoms with Crippen LogP contribution in [-0.4, -0.2) is 17.0 Å². The van der Waals surface area contributed by atoms with Gasteiger partial charge in [0.2, 0.25) is 0 Å². The lowest BCUT2D eigenvalue weighted by Crippen LogP contribution is -2.61. The monoisotopic (exact) mass is 302 g/mol. The molecule has 2 nitrogen and oxygen atoms in total. The molecule has 1 spiro atoms. The second kappa shape index (κ2) is 4.26. The van der Waals surface area contributed by atoms with Crippen LogP contribution in [0.25, 0.3) is 0 Å². The minimum Gasteiger partial charge on any atom is -0.391 e. The van der Waals surface area contributed by atoms with Crippen LogP contribution in [0, 0.1) is 34.0 Å². The first kappa shape index (κ1) is 14.9. The molecule has 0 saturated heterocycles. The fourth-order valence-electron chi connectivity index (χ4n) is 7.49. The Kier molecular flexibility index (Phi) is 2.89. The lowest BCUT2D eigenvalue weighted by atomic mass is 9.40. The number of fused-ring (bicyclic) bond motifs is 3. The van der Waals surface area contributed by atoms with Crippen molar-refractivity contribution in [1.29, 1.82) is 0 Å². The number of aliphatic hydroxyl groups is 1. The topological polar surface area (TPSA) is 37.3 Å². The van der Waals surface area contributed by atoms with Gasteiger partial charge >= 0.3 is 0 Å². The number of carbonyl (C=O) groups excluding carboxylic acids is 1. The predicted molar refractivity (Wildman–Crippen MR) is 87.3 cm³/mol. The van der Waals surface area contributed by atoms with E-state index in [1.54, 1.807) is 0 Å². The Morgan fingerprint density at radius 2 is 1.77 bits per heavy atom. The van der Waals surface area contributed by atoms with E-state index in [9.17, 15) is 9.90 Å². The van der Waals surface area contributed by atoms with Crippen LogP contribution in [0.3, 0.4) is 0 Å². The summed E-state index contributed by atoms with van der Waals surface area (Å²) in [5.41, 5.74) is 0.826. The molecule has 4 rings (SSSR count). The molecule has 4 saturated carbocycles. The Bertz CT molecular complexity index is 548. The molecule has 2 heteroatoms. The van der Waals surface area contributed by atoms with Gasteiger partial charge in [0.05, 0.1) is 11.5 Å². The van der Waals surface area contributed by atoms with Crippen molar-refractivity contribution in [3.63, 3.8) is 0 Å². The van der Waals surface area contributed by atoms with E-state index < -0.39 is 11.5 Å². The molecule has 2 bridgehead atoms. The van der Waals surface area contributed by atoms with E-state index in [4.69, 9.17) is 0 Å². The molecule has 0 aliphatic heterocycles. The summed E-state index contributed by atoms with van der Waals surface area (Å²) in [5.74, 6) is 1.31. The van der Waals surface area contributed by atoms with Crippen molar-refractivity contribution in [1.82, 2.24) is 0 Å². The largest absolute Gasteiger partial charge is 0.391 e. The Balaban J connectivity index is 1.83. The minimum atomic E-state index is -0.487. The quantitative estimate of drug-likeness (QED) is 0.683. The molecule has 4 aliphatic rings. The highest BCUT2D eigenvalue weighted by Crippen LogP contribution is 2.70. The van der Waals surface area contributed by atoms with Crippen molar-refractivity contribution in [3.05, 3.63) is 12.2 Å². The highest BCUT2D eigenvalue weighted by Gasteiger charge is 2.70. The molecule has 22 heavy (non-hydrogen) atoms. The summed E-state index contributed by atoms with van der Waals surface area (Å²) >= 11 is 0. The zero-order chi connectivity index (χ0) is 15.9. The molecule has 0 unspecified atom stereocenters. The molecule has 0 aromatic rings. The lowest BCUT2D eigenvalue weighted by Gasteiger charge is -2.63. The van der Waals surface area contributed by atoms with E-state index in [0.717, 1.165) is 31.3 Å².